The minimum atomic E-state index is -3.71. The highest BCUT2D eigenvalue weighted by Gasteiger charge is 2.15. The van der Waals surface area contributed by atoms with Gasteiger partial charge in [-0.1, -0.05) is 54.6 Å². The van der Waals surface area contributed by atoms with E-state index in [9.17, 15) is 8.42 Å². The van der Waals surface area contributed by atoms with Gasteiger partial charge in [0.05, 0.1) is 17.5 Å². The van der Waals surface area contributed by atoms with Crippen LogP contribution in [-0.2, 0) is 10.0 Å². The number of aliphatic hydroxyl groups is 1. The third-order valence-electron chi connectivity index (χ3n) is 4.04. The van der Waals surface area contributed by atoms with E-state index < -0.39 is 16.1 Å². The molecule has 0 saturated carbocycles. The van der Waals surface area contributed by atoms with Crippen molar-refractivity contribution in [3.05, 3.63) is 84.4 Å². The van der Waals surface area contributed by atoms with E-state index in [0.29, 0.717) is 11.3 Å². The molecule has 0 radical (unpaired) electrons. The van der Waals surface area contributed by atoms with Gasteiger partial charge < -0.3 is 10.8 Å². The van der Waals surface area contributed by atoms with Gasteiger partial charge in [0, 0.05) is 5.69 Å². The van der Waals surface area contributed by atoms with E-state index in [1.807, 2.05) is 30.3 Å². The Hall–Kier alpha value is -2.67. The maximum atomic E-state index is 12.6. The first-order valence-corrected chi connectivity index (χ1v) is 9.62. The van der Waals surface area contributed by atoms with Gasteiger partial charge in [-0.2, -0.15) is 0 Å². The minimum Gasteiger partial charge on any atom is -0.394 e. The number of hydrogen-bond donors (Lipinski definition) is 3. The summed E-state index contributed by atoms with van der Waals surface area (Å²) in [7, 11) is -3.71. The Labute approximate surface area is 153 Å². The first-order valence-electron chi connectivity index (χ1n) is 8.14. The zero-order chi connectivity index (χ0) is 18.6. The van der Waals surface area contributed by atoms with Crippen LogP contribution in [0.2, 0.25) is 0 Å². The van der Waals surface area contributed by atoms with Crippen molar-refractivity contribution < 1.29 is 13.5 Å². The van der Waals surface area contributed by atoms with Gasteiger partial charge in [-0.05, 0) is 41.0 Å². The maximum absolute atomic E-state index is 12.6. The number of nitrogens with one attached hydrogen (secondary N) is 1. The Morgan fingerprint density at radius 2 is 1.54 bits per heavy atom. The zero-order valence-electron chi connectivity index (χ0n) is 14.0. The number of anilines is 1. The Morgan fingerprint density at radius 1 is 0.885 bits per heavy atom. The SMILES string of the molecule is N[C@H](CO)c1cccc(NS(=O)(=O)c2ccc(-c3ccccc3)cc2)c1. The van der Waals surface area contributed by atoms with E-state index >= 15 is 0 Å². The summed E-state index contributed by atoms with van der Waals surface area (Å²) in [4.78, 5) is 0.175. The predicted octanol–water partition coefficient (Wildman–Crippen LogP) is 3.15. The number of aliphatic hydroxyl groups excluding tert-OH is 1. The summed E-state index contributed by atoms with van der Waals surface area (Å²) in [6, 6.07) is 22.6. The molecule has 0 fully saturated rings. The molecular weight excluding hydrogens is 348 g/mol. The van der Waals surface area contributed by atoms with Gasteiger partial charge in [0.25, 0.3) is 10.0 Å². The van der Waals surface area contributed by atoms with Crippen LogP contribution in [0.3, 0.4) is 0 Å². The predicted molar refractivity (Wildman–Crippen MR) is 103 cm³/mol. The van der Waals surface area contributed by atoms with Gasteiger partial charge in [0.1, 0.15) is 0 Å². The average Bonchev–Trinajstić information content (AvgIpc) is 2.68. The molecule has 0 spiro atoms. The number of rotatable bonds is 6. The molecule has 5 nitrogen and oxygen atoms in total. The fourth-order valence-electron chi connectivity index (χ4n) is 2.61. The highest BCUT2D eigenvalue weighted by atomic mass is 32.2. The van der Waals surface area contributed by atoms with Crippen LogP contribution in [0.15, 0.2) is 83.8 Å². The van der Waals surface area contributed by atoms with Crippen LogP contribution in [0.1, 0.15) is 11.6 Å². The van der Waals surface area contributed by atoms with E-state index in [0.717, 1.165) is 11.1 Å². The zero-order valence-corrected chi connectivity index (χ0v) is 14.9. The molecule has 0 bridgehead atoms. The molecule has 1 atom stereocenters. The van der Waals surface area contributed by atoms with Crippen molar-refractivity contribution in [3.8, 4) is 11.1 Å². The minimum absolute atomic E-state index is 0.175. The van der Waals surface area contributed by atoms with E-state index in [1.165, 1.54) is 0 Å². The molecule has 0 aliphatic rings. The second-order valence-corrected chi connectivity index (χ2v) is 7.59. The average molecular weight is 368 g/mol. The molecule has 26 heavy (non-hydrogen) atoms. The number of hydrogen-bond acceptors (Lipinski definition) is 4. The summed E-state index contributed by atoms with van der Waals surface area (Å²) < 4.78 is 27.8. The number of nitrogens with two attached hydrogens (primary N) is 1. The largest absolute Gasteiger partial charge is 0.394 e. The molecule has 6 heteroatoms. The molecule has 3 aromatic rings. The smallest absolute Gasteiger partial charge is 0.261 e. The molecule has 0 unspecified atom stereocenters. The van der Waals surface area contributed by atoms with Crippen molar-refractivity contribution >= 4 is 15.7 Å². The Morgan fingerprint density at radius 3 is 2.19 bits per heavy atom. The fraction of sp³-hybridized carbons (Fsp3) is 0.100. The van der Waals surface area contributed by atoms with Crippen LogP contribution in [-0.4, -0.2) is 20.1 Å². The van der Waals surface area contributed by atoms with Gasteiger partial charge in [-0.3, -0.25) is 4.72 Å². The molecule has 0 saturated heterocycles. The monoisotopic (exact) mass is 368 g/mol. The topological polar surface area (TPSA) is 92.4 Å². The third-order valence-corrected chi connectivity index (χ3v) is 5.43. The first-order chi connectivity index (χ1) is 12.5. The molecule has 0 aliphatic carbocycles. The summed E-state index contributed by atoms with van der Waals surface area (Å²) in [6.07, 6.45) is 0. The molecule has 3 rings (SSSR count). The van der Waals surface area contributed by atoms with Crippen LogP contribution in [0.5, 0.6) is 0 Å². The first kappa shape index (κ1) is 18.1. The maximum Gasteiger partial charge on any atom is 0.261 e. The van der Waals surface area contributed by atoms with Crippen molar-refractivity contribution in [2.45, 2.75) is 10.9 Å². The van der Waals surface area contributed by atoms with Gasteiger partial charge in [-0.15, -0.1) is 0 Å². The second-order valence-electron chi connectivity index (χ2n) is 5.91. The summed E-state index contributed by atoms with van der Waals surface area (Å²) in [6.45, 7) is -0.211. The second kappa shape index (κ2) is 7.70. The number of benzene rings is 3. The standard InChI is InChI=1S/C20H20N2O3S/c21-20(14-23)17-7-4-8-18(13-17)22-26(24,25)19-11-9-16(10-12-19)15-5-2-1-3-6-15/h1-13,20,22-23H,14,21H2/t20-/m1/s1. The van der Waals surface area contributed by atoms with Crippen LogP contribution >= 0.6 is 0 Å². The van der Waals surface area contributed by atoms with E-state index in [-0.39, 0.29) is 11.5 Å². The normalized spacial score (nSPS) is 12.5. The lowest BCUT2D eigenvalue weighted by Crippen LogP contribution is -2.16. The summed E-state index contributed by atoms with van der Waals surface area (Å²) in [5, 5.41) is 9.15. The number of sulfonamides is 1. The van der Waals surface area contributed by atoms with Crippen molar-refractivity contribution in [3.63, 3.8) is 0 Å². The van der Waals surface area contributed by atoms with Crippen LogP contribution < -0.4 is 10.5 Å². The molecule has 0 amide bonds. The molecule has 134 valence electrons. The highest BCUT2D eigenvalue weighted by Crippen LogP contribution is 2.23. The molecule has 0 aliphatic heterocycles. The third kappa shape index (κ3) is 4.11. The lowest BCUT2D eigenvalue weighted by Gasteiger charge is -2.12. The lowest BCUT2D eigenvalue weighted by molar-refractivity contribution is 0.268. The Balaban J connectivity index is 1.82. The highest BCUT2D eigenvalue weighted by molar-refractivity contribution is 7.92. The molecule has 3 aromatic carbocycles. The van der Waals surface area contributed by atoms with Gasteiger partial charge >= 0.3 is 0 Å². The van der Waals surface area contributed by atoms with Crippen LogP contribution in [0.4, 0.5) is 5.69 Å². The van der Waals surface area contributed by atoms with Crippen molar-refractivity contribution in [2.24, 2.45) is 5.73 Å². The van der Waals surface area contributed by atoms with E-state index in [2.05, 4.69) is 4.72 Å². The van der Waals surface area contributed by atoms with Crippen LogP contribution in [0, 0.1) is 0 Å². The van der Waals surface area contributed by atoms with Crippen LogP contribution in [0.25, 0.3) is 11.1 Å². The van der Waals surface area contributed by atoms with Crippen molar-refractivity contribution in [1.82, 2.24) is 0 Å². The van der Waals surface area contributed by atoms with E-state index in [1.54, 1.807) is 48.5 Å². The Kier molecular flexibility index (Phi) is 5.37. The van der Waals surface area contributed by atoms with E-state index in [4.69, 9.17) is 10.8 Å². The van der Waals surface area contributed by atoms with Gasteiger partial charge in [0.2, 0.25) is 0 Å². The fourth-order valence-corrected chi connectivity index (χ4v) is 3.66. The summed E-state index contributed by atoms with van der Waals surface area (Å²) in [5.41, 5.74) is 8.81. The summed E-state index contributed by atoms with van der Waals surface area (Å²) >= 11 is 0. The van der Waals surface area contributed by atoms with Gasteiger partial charge in [-0.25, -0.2) is 8.42 Å². The lowest BCUT2D eigenvalue weighted by atomic mass is 10.1. The van der Waals surface area contributed by atoms with Gasteiger partial charge in [0.15, 0.2) is 0 Å². The molecule has 4 N–H and O–H groups in total. The quantitative estimate of drug-likeness (QED) is 0.623. The Bertz CT molecular complexity index is 971. The van der Waals surface area contributed by atoms with Crippen molar-refractivity contribution in [2.75, 3.05) is 11.3 Å². The van der Waals surface area contributed by atoms with Crippen molar-refractivity contribution in [1.29, 1.82) is 0 Å². The summed E-state index contributed by atoms with van der Waals surface area (Å²) in [5.74, 6) is 0. The molecule has 0 aromatic heterocycles. The molecule has 0 heterocycles. The molecular formula is C20H20N2O3S.